The number of rotatable bonds is 4. The zero-order chi connectivity index (χ0) is 13.1. The molecule has 8 heteroatoms. The summed E-state index contributed by atoms with van der Waals surface area (Å²) in [5.74, 6) is -0.00107. The molecule has 2 heterocycles. The van der Waals surface area contributed by atoms with Gasteiger partial charge in [-0.15, -0.1) is 0 Å². The van der Waals surface area contributed by atoms with E-state index in [2.05, 4.69) is 15.1 Å². The lowest BCUT2D eigenvalue weighted by atomic mass is 10.2. The molecule has 0 unspecified atom stereocenters. The Bertz CT molecular complexity index is 579. The molecule has 0 aliphatic rings. The first-order valence-corrected chi connectivity index (χ1v) is 5.41. The summed E-state index contributed by atoms with van der Waals surface area (Å²) in [4.78, 5) is 17.9. The van der Waals surface area contributed by atoms with E-state index in [-0.39, 0.29) is 17.3 Å². The van der Waals surface area contributed by atoms with E-state index in [1.807, 2.05) is 6.92 Å². The van der Waals surface area contributed by atoms with Crippen molar-refractivity contribution < 1.29 is 4.92 Å². The Morgan fingerprint density at radius 1 is 1.50 bits per heavy atom. The van der Waals surface area contributed by atoms with Crippen LogP contribution in [-0.2, 0) is 6.54 Å². The average Bonchev–Trinajstić information content (AvgIpc) is 2.77. The number of aromatic nitrogens is 4. The number of nitrogens with two attached hydrogens (primary N) is 1. The van der Waals surface area contributed by atoms with E-state index in [4.69, 9.17) is 5.73 Å². The molecule has 0 aliphatic heterocycles. The van der Waals surface area contributed by atoms with Crippen molar-refractivity contribution in [3.63, 3.8) is 0 Å². The molecular weight excluding hydrogens is 236 g/mol. The van der Waals surface area contributed by atoms with Crippen LogP contribution in [0, 0.1) is 10.1 Å². The predicted molar refractivity (Wildman–Crippen MR) is 64.6 cm³/mol. The summed E-state index contributed by atoms with van der Waals surface area (Å²) < 4.78 is 1.71. The van der Waals surface area contributed by atoms with Crippen LogP contribution in [0.15, 0.2) is 18.6 Å². The summed E-state index contributed by atoms with van der Waals surface area (Å²) in [6.07, 6.45) is 5.27. The third-order valence-electron chi connectivity index (χ3n) is 2.34. The molecule has 0 bridgehead atoms. The first kappa shape index (κ1) is 12.0. The molecule has 0 saturated heterocycles. The highest BCUT2D eigenvalue weighted by Crippen LogP contribution is 2.27. The van der Waals surface area contributed by atoms with Gasteiger partial charge in [0.1, 0.15) is 6.20 Å². The summed E-state index contributed by atoms with van der Waals surface area (Å²) in [5, 5.41) is 15.0. The van der Waals surface area contributed by atoms with E-state index in [0.717, 1.165) is 19.2 Å². The van der Waals surface area contributed by atoms with Crippen molar-refractivity contribution in [2.45, 2.75) is 19.9 Å². The van der Waals surface area contributed by atoms with Gasteiger partial charge in [-0.3, -0.25) is 14.8 Å². The Labute approximate surface area is 103 Å². The van der Waals surface area contributed by atoms with E-state index in [1.165, 1.54) is 6.20 Å². The minimum absolute atomic E-state index is 0.00107. The largest absolute Gasteiger partial charge is 0.368 e. The number of nitro groups is 1. The number of nitrogen functional groups attached to an aromatic ring is 1. The summed E-state index contributed by atoms with van der Waals surface area (Å²) >= 11 is 0. The molecule has 0 amide bonds. The molecule has 0 aliphatic carbocycles. The van der Waals surface area contributed by atoms with Crippen LogP contribution in [0.2, 0.25) is 0 Å². The van der Waals surface area contributed by atoms with E-state index in [1.54, 1.807) is 10.9 Å². The van der Waals surface area contributed by atoms with Crippen LogP contribution in [0.25, 0.3) is 11.3 Å². The summed E-state index contributed by atoms with van der Waals surface area (Å²) in [6, 6.07) is 0. The molecule has 2 aromatic heterocycles. The second kappa shape index (κ2) is 4.78. The highest BCUT2D eigenvalue weighted by atomic mass is 16.6. The van der Waals surface area contributed by atoms with Crippen molar-refractivity contribution in [3.8, 4) is 11.3 Å². The first-order valence-electron chi connectivity index (χ1n) is 5.41. The highest BCUT2D eigenvalue weighted by Gasteiger charge is 2.19. The maximum Gasteiger partial charge on any atom is 0.313 e. The van der Waals surface area contributed by atoms with Gasteiger partial charge in [0.2, 0.25) is 5.95 Å². The first-order chi connectivity index (χ1) is 8.61. The van der Waals surface area contributed by atoms with Crippen LogP contribution in [0.4, 0.5) is 11.6 Å². The minimum Gasteiger partial charge on any atom is -0.368 e. The Hall–Kier alpha value is -2.51. The molecule has 2 rings (SSSR count). The van der Waals surface area contributed by atoms with Gasteiger partial charge >= 0.3 is 5.69 Å². The van der Waals surface area contributed by atoms with Gasteiger partial charge in [-0.05, 0) is 6.42 Å². The molecule has 0 saturated carbocycles. The number of aryl methyl sites for hydroxylation is 1. The monoisotopic (exact) mass is 248 g/mol. The Morgan fingerprint density at radius 3 is 2.94 bits per heavy atom. The van der Waals surface area contributed by atoms with Crippen molar-refractivity contribution in [3.05, 3.63) is 28.7 Å². The van der Waals surface area contributed by atoms with Crippen molar-refractivity contribution in [1.29, 1.82) is 0 Å². The van der Waals surface area contributed by atoms with Gasteiger partial charge in [0.15, 0.2) is 5.69 Å². The SMILES string of the molecule is CCCn1cc(-c2nc(N)ncc2[N+](=O)[O-])cn1. The molecule has 8 nitrogen and oxygen atoms in total. The van der Waals surface area contributed by atoms with Crippen LogP contribution >= 0.6 is 0 Å². The third-order valence-corrected chi connectivity index (χ3v) is 2.34. The van der Waals surface area contributed by atoms with Gasteiger partial charge in [-0.25, -0.2) is 9.97 Å². The van der Waals surface area contributed by atoms with Crippen LogP contribution in [-0.4, -0.2) is 24.7 Å². The Morgan fingerprint density at radius 2 is 2.28 bits per heavy atom. The number of anilines is 1. The lowest BCUT2D eigenvalue weighted by Crippen LogP contribution is -2.00. The van der Waals surface area contributed by atoms with Crippen molar-refractivity contribution in [1.82, 2.24) is 19.7 Å². The van der Waals surface area contributed by atoms with Crippen molar-refractivity contribution in [2.24, 2.45) is 0 Å². The molecule has 0 aromatic carbocycles. The predicted octanol–water partition coefficient (Wildman–Crippen LogP) is 1.24. The van der Waals surface area contributed by atoms with Gasteiger partial charge < -0.3 is 5.73 Å². The maximum absolute atomic E-state index is 10.9. The maximum atomic E-state index is 10.9. The molecule has 2 aromatic rings. The second-order valence-electron chi connectivity index (χ2n) is 3.71. The minimum atomic E-state index is -0.536. The molecule has 94 valence electrons. The summed E-state index contributed by atoms with van der Waals surface area (Å²) in [5.41, 5.74) is 6.03. The summed E-state index contributed by atoms with van der Waals surface area (Å²) in [7, 11) is 0. The van der Waals surface area contributed by atoms with E-state index in [9.17, 15) is 10.1 Å². The molecule has 0 fully saturated rings. The molecule has 0 spiro atoms. The second-order valence-corrected chi connectivity index (χ2v) is 3.71. The normalized spacial score (nSPS) is 10.5. The topological polar surface area (TPSA) is 113 Å². The fourth-order valence-corrected chi connectivity index (χ4v) is 1.57. The zero-order valence-electron chi connectivity index (χ0n) is 9.78. The lowest BCUT2D eigenvalue weighted by Gasteiger charge is -1.99. The quantitative estimate of drug-likeness (QED) is 0.643. The molecule has 0 radical (unpaired) electrons. The Balaban J connectivity index is 2.47. The molecular formula is C10H12N6O2. The number of hydrogen-bond acceptors (Lipinski definition) is 6. The van der Waals surface area contributed by atoms with Crippen LogP contribution in [0.1, 0.15) is 13.3 Å². The van der Waals surface area contributed by atoms with E-state index >= 15 is 0 Å². The van der Waals surface area contributed by atoms with Gasteiger partial charge in [0.05, 0.1) is 11.1 Å². The van der Waals surface area contributed by atoms with Crippen LogP contribution < -0.4 is 5.73 Å². The van der Waals surface area contributed by atoms with Gasteiger partial charge in [-0.1, -0.05) is 6.92 Å². The number of nitrogens with zero attached hydrogens (tertiary/aromatic N) is 5. The fourth-order valence-electron chi connectivity index (χ4n) is 1.57. The van der Waals surface area contributed by atoms with Gasteiger partial charge in [-0.2, -0.15) is 5.10 Å². The fraction of sp³-hybridized carbons (Fsp3) is 0.300. The van der Waals surface area contributed by atoms with Crippen LogP contribution in [0.5, 0.6) is 0 Å². The average molecular weight is 248 g/mol. The standard InChI is InChI=1S/C10H12N6O2/c1-2-3-15-6-7(4-13-15)9-8(16(17)18)5-12-10(11)14-9/h4-6H,2-3H2,1H3,(H2,11,12,14). The molecule has 2 N–H and O–H groups in total. The van der Waals surface area contributed by atoms with E-state index < -0.39 is 4.92 Å². The third kappa shape index (κ3) is 2.26. The molecule has 18 heavy (non-hydrogen) atoms. The van der Waals surface area contributed by atoms with Gasteiger partial charge in [0, 0.05) is 18.3 Å². The number of hydrogen-bond donors (Lipinski definition) is 1. The van der Waals surface area contributed by atoms with Crippen molar-refractivity contribution in [2.75, 3.05) is 5.73 Å². The van der Waals surface area contributed by atoms with Gasteiger partial charge in [0.25, 0.3) is 0 Å². The Kier molecular flexibility index (Phi) is 3.18. The lowest BCUT2D eigenvalue weighted by molar-refractivity contribution is -0.384. The van der Waals surface area contributed by atoms with Crippen molar-refractivity contribution >= 4 is 11.6 Å². The smallest absolute Gasteiger partial charge is 0.313 e. The highest BCUT2D eigenvalue weighted by molar-refractivity contribution is 5.68. The van der Waals surface area contributed by atoms with E-state index in [0.29, 0.717) is 5.56 Å². The zero-order valence-corrected chi connectivity index (χ0v) is 9.78. The summed E-state index contributed by atoms with van der Waals surface area (Å²) in [6.45, 7) is 2.76. The van der Waals surface area contributed by atoms with Crippen LogP contribution in [0.3, 0.4) is 0 Å². The molecule has 0 atom stereocenters.